The molecular formula is C20H17N3O5S. The number of hydrogen-bond acceptors (Lipinski definition) is 8. The average Bonchev–Trinajstić information content (AvgIpc) is 3.17. The van der Waals surface area contributed by atoms with Crippen molar-refractivity contribution in [2.24, 2.45) is 0 Å². The first-order valence-electron chi connectivity index (χ1n) is 8.79. The minimum absolute atomic E-state index is 0.120. The summed E-state index contributed by atoms with van der Waals surface area (Å²) in [6.45, 7) is 1.23. The van der Waals surface area contributed by atoms with E-state index in [1.807, 2.05) is 42.5 Å². The fourth-order valence-electron chi connectivity index (χ4n) is 3.18. The number of methoxy groups -OCH3 is 1. The predicted molar refractivity (Wildman–Crippen MR) is 111 cm³/mol. The SMILES string of the molecule is COC(=O)c1csc([N+](=O)[O-])c1Nc1ccc2c(c1)N(c1ccccc1)CCO2. The molecule has 0 bridgehead atoms. The number of fused-ring (bicyclic) bond motifs is 1. The van der Waals surface area contributed by atoms with E-state index < -0.39 is 10.9 Å². The van der Waals surface area contributed by atoms with Crippen molar-refractivity contribution >= 4 is 45.1 Å². The Bertz CT molecular complexity index is 1070. The Morgan fingerprint density at radius 2 is 2.07 bits per heavy atom. The number of carbonyl (C=O) groups is 1. The van der Waals surface area contributed by atoms with E-state index >= 15 is 0 Å². The number of hydrogen-bond donors (Lipinski definition) is 1. The molecule has 0 spiro atoms. The van der Waals surface area contributed by atoms with Gasteiger partial charge in [-0.2, -0.15) is 0 Å². The van der Waals surface area contributed by atoms with Crippen LogP contribution in [0.3, 0.4) is 0 Å². The molecule has 1 aliphatic rings. The van der Waals surface area contributed by atoms with Crippen LogP contribution < -0.4 is 15.0 Å². The van der Waals surface area contributed by atoms with E-state index in [0.29, 0.717) is 18.8 Å². The van der Waals surface area contributed by atoms with Crippen molar-refractivity contribution < 1.29 is 19.2 Å². The van der Waals surface area contributed by atoms with E-state index in [2.05, 4.69) is 10.2 Å². The highest BCUT2D eigenvalue weighted by molar-refractivity contribution is 7.14. The first-order valence-corrected chi connectivity index (χ1v) is 9.67. The summed E-state index contributed by atoms with van der Waals surface area (Å²) in [4.78, 5) is 25.0. The average molecular weight is 411 g/mol. The maximum absolute atomic E-state index is 12.0. The van der Waals surface area contributed by atoms with Gasteiger partial charge in [-0.3, -0.25) is 10.1 Å². The number of thiophene rings is 1. The van der Waals surface area contributed by atoms with E-state index in [4.69, 9.17) is 9.47 Å². The first kappa shape index (κ1) is 18.8. The molecular weight excluding hydrogens is 394 g/mol. The standard InChI is InChI=1S/C20H17N3O5S/c1-27-20(24)15-12-29-19(23(25)26)18(15)21-13-7-8-17-16(11-13)22(9-10-28-17)14-5-3-2-4-6-14/h2-8,11-12,21H,9-10H2,1H3. The molecule has 148 valence electrons. The molecule has 0 unspecified atom stereocenters. The Balaban J connectivity index is 1.73. The minimum Gasteiger partial charge on any atom is -0.490 e. The lowest BCUT2D eigenvalue weighted by Crippen LogP contribution is -2.28. The van der Waals surface area contributed by atoms with Gasteiger partial charge in [-0.25, -0.2) is 4.79 Å². The Kier molecular flexibility index (Phi) is 5.05. The predicted octanol–water partition coefficient (Wildman–Crippen LogP) is 4.72. The van der Waals surface area contributed by atoms with Crippen LogP contribution in [0.5, 0.6) is 5.75 Å². The van der Waals surface area contributed by atoms with Crippen molar-refractivity contribution in [2.75, 3.05) is 30.5 Å². The molecule has 2 aromatic carbocycles. The highest BCUT2D eigenvalue weighted by atomic mass is 32.1. The van der Waals surface area contributed by atoms with Crippen molar-refractivity contribution in [1.82, 2.24) is 0 Å². The third-order valence-electron chi connectivity index (χ3n) is 4.50. The molecule has 0 saturated heterocycles. The van der Waals surface area contributed by atoms with Crippen LogP contribution in [0.15, 0.2) is 53.9 Å². The normalized spacial score (nSPS) is 12.7. The van der Waals surface area contributed by atoms with E-state index in [9.17, 15) is 14.9 Å². The highest BCUT2D eigenvalue weighted by Crippen LogP contribution is 2.42. The number of nitrogens with zero attached hydrogens (tertiary/aromatic N) is 2. The fourth-order valence-corrected chi connectivity index (χ4v) is 3.99. The number of carbonyl (C=O) groups excluding carboxylic acids is 1. The third kappa shape index (κ3) is 3.59. The fraction of sp³-hybridized carbons (Fsp3) is 0.150. The quantitative estimate of drug-likeness (QED) is 0.369. The number of nitro groups is 1. The molecule has 1 aromatic heterocycles. The number of ether oxygens (including phenoxy) is 2. The maximum atomic E-state index is 12.0. The largest absolute Gasteiger partial charge is 0.490 e. The molecule has 2 heterocycles. The molecule has 0 amide bonds. The lowest BCUT2D eigenvalue weighted by atomic mass is 10.1. The van der Waals surface area contributed by atoms with E-state index in [-0.39, 0.29) is 16.3 Å². The second-order valence-electron chi connectivity index (χ2n) is 6.22. The Labute approximate surface area is 170 Å². The third-order valence-corrected chi connectivity index (χ3v) is 5.43. The summed E-state index contributed by atoms with van der Waals surface area (Å²) in [5.74, 6) is 0.0859. The number of rotatable bonds is 5. The number of nitrogens with one attached hydrogen (secondary N) is 1. The second kappa shape index (κ2) is 7.80. The lowest BCUT2D eigenvalue weighted by Gasteiger charge is -2.31. The lowest BCUT2D eigenvalue weighted by molar-refractivity contribution is -0.379. The summed E-state index contributed by atoms with van der Waals surface area (Å²) in [7, 11) is 1.24. The van der Waals surface area contributed by atoms with E-state index in [1.165, 1.54) is 12.5 Å². The molecule has 1 aliphatic heterocycles. The zero-order chi connectivity index (χ0) is 20.4. The summed E-state index contributed by atoms with van der Waals surface area (Å²) >= 11 is 0.876. The Morgan fingerprint density at radius 1 is 1.28 bits per heavy atom. The molecule has 1 N–H and O–H groups in total. The van der Waals surface area contributed by atoms with Crippen molar-refractivity contribution in [1.29, 1.82) is 0 Å². The molecule has 0 aliphatic carbocycles. The number of benzene rings is 2. The summed E-state index contributed by atoms with van der Waals surface area (Å²) in [6.07, 6.45) is 0. The summed E-state index contributed by atoms with van der Waals surface area (Å²) in [5.41, 5.74) is 2.70. The topological polar surface area (TPSA) is 93.9 Å². The maximum Gasteiger partial charge on any atom is 0.348 e. The molecule has 3 aromatic rings. The van der Waals surface area contributed by atoms with Crippen LogP contribution in [0.4, 0.5) is 27.8 Å². The molecule has 0 atom stereocenters. The van der Waals surface area contributed by atoms with Crippen LogP contribution in [-0.2, 0) is 4.74 Å². The first-order chi connectivity index (χ1) is 14.1. The van der Waals surface area contributed by atoms with Gasteiger partial charge in [0, 0.05) is 16.8 Å². The van der Waals surface area contributed by atoms with Gasteiger partial charge in [0.05, 0.1) is 24.3 Å². The van der Waals surface area contributed by atoms with Gasteiger partial charge in [-0.1, -0.05) is 29.5 Å². The number of anilines is 4. The van der Waals surface area contributed by atoms with Crippen molar-refractivity contribution in [3.8, 4) is 5.75 Å². The van der Waals surface area contributed by atoms with Crippen molar-refractivity contribution in [3.05, 3.63) is 69.6 Å². The van der Waals surface area contributed by atoms with Crippen molar-refractivity contribution in [3.63, 3.8) is 0 Å². The van der Waals surface area contributed by atoms with Gasteiger partial charge in [-0.05, 0) is 30.3 Å². The van der Waals surface area contributed by atoms with Crippen LogP contribution in [0, 0.1) is 10.1 Å². The zero-order valence-electron chi connectivity index (χ0n) is 15.5. The number of para-hydroxylation sites is 1. The number of esters is 1. The van der Waals surface area contributed by atoms with Crippen LogP contribution >= 0.6 is 11.3 Å². The van der Waals surface area contributed by atoms with Gasteiger partial charge >= 0.3 is 11.0 Å². The van der Waals surface area contributed by atoms with Crippen molar-refractivity contribution in [2.45, 2.75) is 0 Å². The van der Waals surface area contributed by atoms with E-state index in [1.54, 1.807) is 6.07 Å². The Hall–Kier alpha value is -3.59. The van der Waals surface area contributed by atoms with Crippen LogP contribution in [0.1, 0.15) is 10.4 Å². The van der Waals surface area contributed by atoms with Gasteiger partial charge in [0.1, 0.15) is 23.6 Å². The van der Waals surface area contributed by atoms with Gasteiger partial charge < -0.3 is 19.7 Å². The highest BCUT2D eigenvalue weighted by Gasteiger charge is 2.27. The monoisotopic (exact) mass is 411 g/mol. The summed E-state index contributed by atoms with van der Waals surface area (Å²) < 4.78 is 10.5. The second-order valence-corrected chi connectivity index (χ2v) is 7.08. The molecule has 0 fully saturated rings. The molecule has 29 heavy (non-hydrogen) atoms. The molecule has 0 saturated carbocycles. The minimum atomic E-state index is -0.635. The van der Waals surface area contributed by atoms with E-state index in [0.717, 1.165) is 28.5 Å². The van der Waals surface area contributed by atoms with Gasteiger partial charge in [0.2, 0.25) is 0 Å². The van der Waals surface area contributed by atoms with Crippen LogP contribution in [-0.4, -0.2) is 31.2 Å². The van der Waals surface area contributed by atoms with Gasteiger partial charge in [0.15, 0.2) is 0 Å². The van der Waals surface area contributed by atoms with Crippen LogP contribution in [0.25, 0.3) is 0 Å². The summed E-state index contributed by atoms with van der Waals surface area (Å²) in [6, 6.07) is 15.3. The Morgan fingerprint density at radius 3 is 2.79 bits per heavy atom. The van der Waals surface area contributed by atoms with Gasteiger partial charge in [0.25, 0.3) is 0 Å². The molecule has 8 nitrogen and oxygen atoms in total. The summed E-state index contributed by atoms with van der Waals surface area (Å²) in [5, 5.41) is 15.7. The van der Waals surface area contributed by atoms with Gasteiger partial charge in [-0.15, -0.1) is 0 Å². The smallest absolute Gasteiger partial charge is 0.348 e. The van der Waals surface area contributed by atoms with Crippen LogP contribution in [0.2, 0.25) is 0 Å². The zero-order valence-corrected chi connectivity index (χ0v) is 16.3. The molecule has 4 rings (SSSR count). The molecule has 9 heteroatoms. The molecule has 0 radical (unpaired) electrons.